The van der Waals surface area contributed by atoms with Gasteiger partial charge >= 0.3 is 0 Å². The number of nitrogens with one attached hydrogen (secondary N) is 1. The van der Waals surface area contributed by atoms with Gasteiger partial charge in [-0.25, -0.2) is 8.42 Å². The highest BCUT2D eigenvalue weighted by Crippen LogP contribution is 2.17. The Kier molecular flexibility index (Phi) is 7.19. The first-order valence-electron chi connectivity index (χ1n) is 7.36. The van der Waals surface area contributed by atoms with Crippen LogP contribution < -0.4 is 5.32 Å². The van der Waals surface area contributed by atoms with E-state index in [1.807, 2.05) is 26.0 Å². The van der Waals surface area contributed by atoms with E-state index in [0.29, 0.717) is 24.5 Å². The van der Waals surface area contributed by atoms with Gasteiger partial charge in [-0.05, 0) is 37.1 Å². The fourth-order valence-electron chi connectivity index (χ4n) is 2.07. The van der Waals surface area contributed by atoms with Gasteiger partial charge in [-0.15, -0.1) is 0 Å². The third-order valence-corrected chi connectivity index (χ3v) is 5.09. The van der Waals surface area contributed by atoms with Crippen LogP contribution in [-0.4, -0.2) is 32.4 Å². The number of hydrogen-bond acceptors (Lipinski definition) is 3. The van der Waals surface area contributed by atoms with Gasteiger partial charge in [0.1, 0.15) is 0 Å². The highest BCUT2D eigenvalue weighted by Gasteiger charge is 2.22. The van der Waals surface area contributed by atoms with E-state index in [2.05, 4.69) is 12.2 Å². The lowest BCUT2D eigenvalue weighted by Gasteiger charge is -2.20. The number of sulfonamides is 1. The second-order valence-corrected chi connectivity index (χ2v) is 6.76. The van der Waals surface area contributed by atoms with Crippen LogP contribution in [0, 0.1) is 0 Å². The molecule has 0 spiro atoms. The Hall–Kier alpha value is -0.910. The Morgan fingerprint density at radius 2 is 1.90 bits per heavy atom. The molecule has 0 aliphatic carbocycles. The van der Waals surface area contributed by atoms with Crippen LogP contribution in [-0.2, 0) is 16.6 Å². The molecule has 1 rings (SSSR count). The van der Waals surface area contributed by atoms with Crippen LogP contribution in [0.5, 0.6) is 0 Å². The van der Waals surface area contributed by atoms with Crippen LogP contribution in [0.25, 0.3) is 0 Å². The molecular formula is C15H26N2O2S. The molecule has 0 heterocycles. The Morgan fingerprint density at radius 1 is 1.15 bits per heavy atom. The lowest BCUT2D eigenvalue weighted by molar-refractivity contribution is 0.427. The van der Waals surface area contributed by atoms with Gasteiger partial charge in [-0.3, -0.25) is 0 Å². The Bertz CT molecular complexity index is 500. The molecule has 1 N–H and O–H groups in total. The molecule has 0 saturated heterocycles. The van der Waals surface area contributed by atoms with Gasteiger partial charge in [0.05, 0.1) is 4.90 Å². The summed E-state index contributed by atoms with van der Waals surface area (Å²) >= 11 is 0. The molecule has 0 atom stereocenters. The molecule has 5 heteroatoms. The summed E-state index contributed by atoms with van der Waals surface area (Å²) in [6.07, 6.45) is 1.89. The zero-order valence-electron chi connectivity index (χ0n) is 12.7. The van der Waals surface area contributed by atoms with E-state index >= 15 is 0 Å². The summed E-state index contributed by atoms with van der Waals surface area (Å²) in [5.74, 6) is 0. The second-order valence-electron chi connectivity index (χ2n) is 4.82. The van der Waals surface area contributed by atoms with Crippen molar-refractivity contribution in [3.05, 3.63) is 29.8 Å². The summed E-state index contributed by atoms with van der Waals surface area (Å²) in [6.45, 7) is 8.69. The normalized spacial score (nSPS) is 12.0. The van der Waals surface area contributed by atoms with Crippen molar-refractivity contribution in [2.24, 2.45) is 0 Å². The Labute approximate surface area is 123 Å². The van der Waals surface area contributed by atoms with Crippen LogP contribution in [0.4, 0.5) is 0 Å². The van der Waals surface area contributed by atoms with E-state index in [0.717, 1.165) is 24.9 Å². The lowest BCUT2D eigenvalue weighted by atomic mass is 10.2. The first-order valence-corrected chi connectivity index (χ1v) is 8.80. The van der Waals surface area contributed by atoms with Gasteiger partial charge in [-0.1, -0.05) is 32.9 Å². The number of hydrogen-bond donors (Lipinski definition) is 1. The van der Waals surface area contributed by atoms with E-state index < -0.39 is 10.0 Å². The average molecular weight is 298 g/mol. The predicted octanol–water partition coefficient (Wildman–Crippen LogP) is 2.61. The van der Waals surface area contributed by atoms with Crippen LogP contribution in [0.1, 0.15) is 39.2 Å². The van der Waals surface area contributed by atoms with Crippen molar-refractivity contribution < 1.29 is 8.42 Å². The van der Waals surface area contributed by atoms with Gasteiger partial charge in [0, 0.05) is 19.6 Å². The quantitative estimate of drug-likeness (QED) is 0.713. The Balaban J connectivity index is 2.91. The minimum absolute atomic E-state index is 0.392. The van der Waals surface area contributed by atoms with Crippen molar-refractivity contribution in [1.29, 1.82) is 0 Å². The van der Waals surface area contributed by atoms with E-state index in [-0.39, 0.29) is 0 Å². The molecule has 0 aliphatic rings. The number of rotatable bonds is 9. The van der Waals surface area contributed by atoms with Crippen molar-refractivity contribution in [3.8, 4) is 0 Å². The van der Waals surface area contributed by atoms with Crippen molar-refractivity contribution in [2.75, 3.05) is 19.6 Å². The van der Waals surface area contributed by atoms with E-state index in [1.165, 1.54) is 4.31 Å². The average Bonchev–Trinajstić information content (AvgIpc) is 2.45. The first-order chi connectivity index (χ1) is 9.56. The molecule has 4 nitrogen and oxygen atoms in total. The standard InChI is InChI=1S/C15H26N2O2S/c1-4-10-16-13-14-8-7-9-15(12-14)20(18,19)17(6-3)11-5-2/h7-9,12,16H,4-6,10-11,13H2,1-3H3. The molecule has 0 radical (unpaired) electrons. The molecule has 0 aliphatic heterocycles. The molecule has 1 aromatic carbocycles. The summed E-state index contributed by atoms with van der Waals surface area (Å²) in [6, 6.07) is 7.22. The summed E-state index contributed by atoms with van der Waals surface area (Å²) in [4.78, 5) is 0.392. The van der Waals surface area contributed by atoms with E-state index in [9.17, 15) is 8.42 Å². The topological polar surface area (TPSA) is 49.4 Å². The molecule has 20 heavy (non-hydrogen) atoms. The zero-order chi connectivity index (χ0) is 15.0. The molecule has 0 aromatic heterocycles. The fraction of sp³-hybridized carbons (Fsp3) is 0.600. The Morgan fingerprint density at radius 3 is 2.50 bits per heavy atom. The van der Waals surface area contributed by atoms with Gasteiger partial charge in [0.2, 0.25) is 10.0 Å². The smallest absolute Gasteiger partial charge is 0.243 e. The number of nitrogens with zero attached hydrogens (tertiary/aromatic N) is 1. The largest absolute Gasteiger partial charge is 0.313 e. The monoisotopic (exact) mass is 298 g/mol. The molecule has 114 valence electrons. The van der Waals surface area contributed by atoms with Crippen LogP contribution in [0.15, 0.2) is 29.2 Å². The lowest BCUT2D eigenvalue weighted by Crippen LogP contribution is -2.31. The van der Waals surface area contributed by atoms with Gasteiger partial charge in [-0.2, -0.15) is 4.31 Å². The van der Waals surface area contributed by atoms with Crippen molar-refractivity contribution in [1.82, 2.24) is 9.62 Å². The van der Waals surface area contributed by atoms with E-state index in [4.69, 9.17) is 0 Å². The second kappa shape index (κ2) is 8.39. The SMILES string of the molecule is CCCNCc1cccc(S(=O)(=O)N(CC)CCC)c1. The minimum Gasteiger partial charge on any atom is -0.313 e. The fourth-order valence-corrected chi connectivity index (χ4v) is 3.68. The maximum Gasteiger partial charge on any atom is 0.243 e. The van der Waals surface area contributed by atoms with E-state index in [1.54, 1.807) is 12.1 Å². The molecule has 0 bridgehead atoms. The predicted molar refractivity (Wildman–Crippen MR) is 83.2 cm³/mol. The molecule has 0 unspecified atom stereocenters. The third-order valence-electron chi connectivity index (χ3n) is 3.12. The molecule has 0 fully saturated rings. The van der Waals surface area contributed by atoms with Gasteiger partial charge in [0.15, 0.2) is 0 Å². The maximum absolute atomic E-state index is 12.5. The van der Waals surface area contributed by atoms with Crippen LogP contribution in [0.2, 0.25) is 0 Å². The number of benzene rings is 1. The van der Waals surface area contributed by atoms with Gasteiger partial charge in [0.25, 0.3) is 0 Å². The van der Waals surface area contributed by atoms with Crippen molar-refractivity contribution >= 4 is 10.0 Å². The first kappa shape index (κ1) is 17.1. The molecular weight excluding hydrogens is 272 g/mol. The summed E-state index contributed by atoms with van der Waals surface area (Å²) in [5.41, 5.74) is 1.01. The van der Waals surface area contributed by atoms with Gasteiger partial charge < -0.3 is 5.32 Å². The molecule has 1 aromatic rings. The minimum atomic E-state index is -3.36. The third kappa shape index (κ3) is 4.58. The van der Waals surface area contributed by atoms with Crippen molar-refractivity contribution in [2.45, 2.75) is 45.1 Å². The summed E-state index contributed by atoms with van der Waals surface area (Å²) in [5, 5.41) is 3.29. The van der Waals surface area contributed by atoms with Crippen LogP contribution >= 0.6 is 0 Å². The van der Waals surface area contributed by atoms with Crippen LogP contribution in [0.3, 0.4) is 0 Å². The highest BCUT2D eigenvalue weighted by molar-refractivity contribution is 7.89. The highest BCUT2D eigenvalue weighted by atomic mass is 32.2. The van der Waals surface area contributed by atoms with Crippen molar-refractivity contribution in [3.63, 3.8) is 0 Å². The molecule has 0 amide bonds. The summed E-state index contributed by atoms with van der Waals surface area (Å²) in [7, 11) is -3.36. The zero-order valence-corrected chi connectivity index (χ0v) is 13.5. The maximum atomic E-state index is 12.5. The summed E-state index contributed by atoms with van der Waals surface area (Å²) < 4.78 is 26.6. The molecule has 0 saturated carbocycles.